The molecule has 1 aliphatic carbocycles. The summed E-state index contributed by atoms with van der Waals surface area (Å²) in [6, 6.07) is 15.9. The molecule has 2 aromatic carbocycles. The molecular formula is C22H27NO4. The second-order valence-corrected chi connectivity index (χ2v) is 7.31. The summed E-state index contributed by atoms with van der Waals surface area (Å²) in [6.07, 6.45) is 1.75. The molecule has 1 fully saturated rings. The van der Waals surface area contributed by atoms with E-state index in [4.69, 9.17) is 14.6 Å². The van der Waals surface area contributed by atoms with E-state index in [-0.39, 0.29) is 30.5 Å². The molecule has 1 saturated carbocycles. The number of carbonyl (C=O) groups is 1. The van der Waals surface area contributed by atoms with Gasteiger partial charge in [0.1, 0.15) is 6.61 Å². The van der Waals surface area contributed by atoms with Gasteiger partial charge in [-0.1, -0.05) is 43.3 Å². The number of hydrogen-bond acceptors (Lipinski definition) is 4. The van der Waals surface area contributed by atoms with Gasteiger partial charge in [-0.05, 0) is 41.5 Å². The number of ether oxygens (including phenoxy) is 2. The van der Waals surface area contributed by atoms with Crippen molar-refractivity contribution in [1.82, 2.24) is 5.32 Å². The minimum absolute atomic E-state index is 0.0513. The van der Waals surface area contributed by atoms with Crippen molar-refractivity contribution in [1.29, 1.82) is 0 Å². The van der Waals surface area contributed by atoms with Crippen molar-refractivity contribution in [3.63, 3.8) is 0 Å². The van der Waals surface area contributed by atoms with Gasteiger partial charge in [0, 0.05) is 12.5 Å². The smallest absolute Gasteiger partial charge is 0.223 e. The zero-order valence-corrected chi connectivity index (χ0v) is 15.9. The molecule has 0 aliphatic heterocycles. The van der Waals surface area contributed by atoms with E-state index < -0.39 is 0 Å². The SMILES string of the molecule is COc1cc(CNC(=O)C2CC(C)(c3ccccc3)C2)ccc1OCCO. The monoisotopic (exact) mass is 369 g/mol. The average molecular weight is 369 g/mol. The third-order valence-electron chi connectivity index (χ3n) is 5.28. The molecule has 0 unspecified atom stereocenters. The minimum Gasteiger partial charge on any atom is -0.493 e. The van der Waals surface area contributed by atoms with Crippen molar-refractivity contribution in [2.24, 2.45) is 5.92 Å². The van der Waals surface area contributed by atoms with Gasteiger partial charge in [0.2, 0.25) is 5.91 Å². The van der Waals surface area contributed by atoms with Crippen LogP contribution in [0.2, 0.25) is 0 Å². The first-order chi connectivity index (χ1) is 13.1. The van der Waals surface area contributed by atoms with Crippen LogP contribution in [0.1, 0.15) is 30.9 Å². The van der Waals surface area contributed by atoms with Gasteiger partial charge in [-0.3, -0.25) is 4.79 Å². The maximum Gasteiger partial charge on any atom is 0.223 e. The lowest BCUT2D eigenvalue weighted by Crippen LogP contribution is -2.46. The first-order valence-corrected chi connectivity index (χ1v) is 9.29. The highest BCUT2D eigenvalue weighted by atomic mass is 16.5. The third-order valence-corrected chi connectivity index (χ3v) is 5.28. The Morgan fingerprint density at radius 2 is 1.93 bits per heavy atom. The second-order valence-electron chi connectivity index (χ2n) is 7.31. The lowest BCUT2D eigenvalue weighted by molar-refractivity contribution is -0.129. The zero-order chi connectivity index (χ0) is 19.3. The molecule has 27 heavy (non-hydrogen) atoms. The molecular weight excluding hydrogens is 342 g/mol. The van der Waals surface area contributed by atoms with Crippen LogP contribution in [0.25, 0.3) is 0 Å². The maximum absolute atomic E-state index is 12.5. The normalized spacial score (nSPS) is 21.2. The van der Waals surface area contributed by atoms with Gasteiger partial charge in [0.05, 0.1) is 13.7 Å². The number of nitrogens with one attached hydrogen (secondary N) is 1. The van der Waals surface area contributed by atoms with E-state index in [1.165, 1.54) is 5.56 Å². The predicted octanol–water partition coefficient (Wildman–Crippen LogP) is 3.05. The van der Waals surface area contributed by atoms with E-state index in [0.29, 0.717) is 18.0 Å². The molecule has 2 aromatic rings. The fraction of sp³-hybridized carbons (Fsp3) is 0.409. The van der Waals surface area contributed by atoms with Crippen LogP contribution in [-0.4, -0.2) is 31.3 Å². The summed E-state index contributed by atoms with van der Waals surface area (Å²) >= 11 is 0. The summed E-state index contributed by atoms with van der Waals surface area (Å²) in [4.78, 5) is 12.5. The van der Waals surface area contributed by atoms with E-state index in [1.54, 1.807) is 13.2 Å². The van der Waals surface area contributed by atoms with E-state index in [2.05, 4.69) is 36.5 Å². The highest BCUT2D eigenvalue weighted by Gasteiger charge is 2.44. The van der Waals surface area contributed by atoms with Gasteiger partial charge >= 0.3 is 0 Å². The maximum atomic E-state index is 12.5. The van der Waals surface area contributed by atoms with Crippen molar-refractivity contribution < 1.29 is 19.4 Å². The summed E-state index contributed by atoms with van der Waals surface area (Å²) in [5.74, 6) is 1.34. The van der Waals surface area contributed by atoms with Crippen LogP contribution in [0.5, 0.6) is 11.5 Å². The Balaban J connectivity index is 1.53. The standard InChI is InChI=1S/C22H27NO4/c1-22(18-6-4-3-5-7-18)13-17(14-22)21(25)23-15-16-8-9-19(27-11-10-24)20(12-16)26-2/h3-9,12,17,24H,10-11,13-15H2,1-2H3,(H,23,25). The van der Waals surface area contributed by atoms with Gasteiger partial charge in [0.25, 0.3) is 0 Å². The van der Waals surface area contributed by atoms with Crippen molar-refractivity contribution in [3.8, 4) is 11.5 Å². The van der Waals surface area contributed by atoms with Crippen LogP contribution in [0.4, 0.5) is 0 Å². The molecule has 5 heteroatoms. The molecule has 0 heterocycles. The van der Waals surface area contributed by atoms with Gasteiger partial charge in [0.15, 0.2) is 11.5 Å². The molecule has 1 amide bonds. The van der Waals surface area contributed by atoms with E-state index >= 15 is 0 Å². The summed E-state index contributed by atoms with van der Waals surface area (Å²) in [5, 5.41) is 11.9. The van der Waals surface area contributed by atoms with Crippen molar-refractivity contribution in [2.75, 3.05) is 20.3 Å². The highest BCUT2D eigenvalue weighted by molar-refractivity contribution is 5.80. The van der Waals surface area contributed by atoms with Gasteiger partial charge in [-0.2, -0.15) is 0 Å². The van der Waals surface area contributed by atoms with E-state index in [9.17, 15) is 4.79 Å². The third kappa shape index (κ3) is 4.42. The van der Waals surface area contributed by atoms with Crippen LogP contribution in [0.3, 0.4) is 0 Å². The zero-order valence-electron chi connectivity index (χ0n) is 15.9. The Hall–Kier alpha value is -2.53. The number of hydrogen-bond donors (Lipinski definition) is 2. The van der Waals surface area contributed by atoms with Crippen molar-refractivity contribution >= 4 is 5.91 Å². The molecule has 0 radical (unpaired) electrons. The molecule has 3 rings (SSSR count). The predicted molar refractivity (Wildman–Crippen MR) is 104 cm³/mol. The van der Waals surface area contributed by atoms with Crippen LogP contribution in [-0.2, 0) is 16.8 Å². The quantitative estimate of drug-likeness (QED) is 0.750. The van der Waals surface area contributed by atoms with Crippen molar-refractivity contribution in [3.05, 3.63) is 59.7 Å². The van der Waals surface area contributed by atoms with Crippen LogP contribution < -0.4 is 14.8 Å². The number of amides is 1. The van der Waals surface area contributed by atoms with E-state index in [1.807, 2.05) is 18.2 Å². The Morgan fingerprint density at radius 1 is 1.19 bits per heavy atom. The molecule has 144 valence electrons. The summed E-state index contributed by atoms with van der Waals surface area (Å²) in [6.45, 7) is 2.84. The topological polar surface area (TPSA) is 67.8 Å². The molecule has 1 aliphatic rings. The fourth-order valence-electron chi connectivity index (χ4n) is 3.72. The molecule has 5 nitrogen and oxygen atoms in total. The summed E-state index contributed by atoms with van der Waals surface area (Å²) in [7, 11) is 1.57. The molecule has 0 spiro atoms. The molecule has 0 saturated heterocycles. The lowest BCUT2D eigenvalue weighted by atomic mass is 9.59. The number of rotatable bonds is 8. The van der Waals surface area contributed by atoms with Crippen LogP contribution in [0.15, 0.2) is 48.5 Å². The molecule has 0 aromatic heterocycles. The number of benzene rings is 2. The number of aliphatic hydroxyl groups is 1. The Bertz CT molecular complexity index is 769. The highest BCUT2D eigenvalue weighted by Crippen LogP contribution is 2.47. The lowest BCUT2D eigenvalue weighted by Gasteiger charge is -2.45. The average Bonchev–Trinajstić information content (AvgIpc) is 2.68. The summed E-state index contributed by atoms with van der Waals surface area (Å²) in [5.41, 5.74) is 2.34. The number of methoxy groups -OCH3 is 1. The molecule has 0 atom stereocenters. The van der Waals surface area contributed by atoms with Gasteiger partial charge < -0.3 is 19.9 Å². The minimum atomic E-state index is -0.0513. The van der Waals surface area contributed by atoms with Gasteiger partial charge in [-0.15, -0.1) is 0 Å². The first-order valence-electron chi connectivity index (χ1n) is 9.29. The van der Waals surface area contributed by atoms with Crippen LogP contribution >= 0.6 is 0 Å². The Kier molecular flexibility index (Phi) is 6.01. The number of aliphatic hydroxyl groups excluding tert-OH is 1. The number of carbonyl (C=O) groups excluding carboxylic acids is 1. The summed E-state index contributed by atoms with van der Waals surface area (Å²) < 4.78 is 10.8. The molecule has 2 N–H and O–H groups in total. The van der Waals surface area contributed by atoms with E-state index in [0.717, 1.165) is 18.4 Å². The van der Waals surface area contributed by atoms with Gasteiger partial charge in [-0.25, -0.2) is 0 Å². The largest absolute Gasteiger partial charge is 0.493 e. The first kappa shape index (κ1) is 19.2. The molecule has 0 bridgehead atoms. The van der Waals surface area contributed by atoms with Crippen LogP contribution in [0, 0.1) is 5.92 Å². The van der Waals surface area contributed by atoms with Crippen molar-refractivity contribution in [2.45, 2.75) is 31.7 Å². The Morgan fingerprint density at radius 3 is 2.59 bits per heavy atom. The fourth-order valence-corrected chi connectivity index (χ4v) is 3.72. The second kappa shape index (κ2) is 8.44. The Labute approximate surface area is 160 Å².